The van der Waals surface area contributed by atoms with Crippen molar-refractivity contribution < 1.29 is 0 Å². The quantitative estimate of drug-likeness (QED) is 0.813. The third-order valence-corrected chi connectivity index (χ3v) is 5.79. The van der Waals surface area contributed by atoms with Crippen LogP contribution in [0.5, 0.6) is 0 Å². The predicted molar refractivity (Wildman–Crippen MR) is 88.7 cm³/mol. The van der Waals surface area contributed by atoms with Crippen LogP contribution in [0.15, 0.2) is 25.5 Å². The molecular formula is C14H14BrClN2O2S. The van der Waals surface area contributed by atoms with Crippen molar-refractivity contribution in [1.82, 2.24) is 9.55 Å². The van der Waals surface area contributed by atoms with Crippen LogP contribution in [0.25, 0.3) is 0 Å². The molecule has 0 radical (unpaired) electrons. The molecule has 1 aliphatic rings. The van der Waals surface area contributed by atoms with Gasteiger partial charge in [0, 0.05) is 4.88 Å². The second-order valence-corrected chi connectivity index (χ2v) is 8.16. The number of H-pyrrole nitrogens is 1. The number of hydrogen-bond acceptors (Lipinski definition) is 3. The van der Waals surface area contributed by atoms with Crippen LogP contribution in [0.4, 0.5) is 0 Å². The van der Waals surface area contributed by atoms with Crippen LogP contribution in [0, 0.1) is 0 Å². The number of nitrogens with zero attached hydrogens (tertiary/aromatic N) is 1. The van der Waals surface area contributed by atoms with Crippen LogP contribution < -0.4 is 11.2 Å². The lowest BCUT2D eigenvalue weighted by atomic mass is 10.0. The summed E-state index contributed by atoms with van der Waals surface area (Å²) in [6, 6.07) is 3.82. The molecule has 1 fully saturated rings. The highest BCUT2D eigenvalue weighted by Crippen LogP contribution is 2.34. The minimum Gasteiger partial charge on any atom is -0.297 e. The Labute approximate surface area is 138 Å². The van der Waals surface area contributed by atoms with Gasteiger partial charge in [0.2, 0.25) is 0 Å². The summed E-state index contributed by atoms with van der Waals surface area (Å²) in [5.74, 6) is 0.170. The van der Waals surface area contributed by atoms with Crippen molar-refractivity contribution >= 4 is 38.9 Å². The second-order valence-electron chi connectivity index (χ2n) is 5.24. The number of halogens is 2. The first-order chi connectivity index (χ1) is 10.1. The highest BCUT2D eigenvalue weighted by Gasteiger charge is 2.25. The van der Waals surface area contributed by atoms with Gasteiger partial charge in [-0.15, -0.1) is 11.3 Å². The Balaban J connectivity index is 2.05. The average molecular weight is 390 g/mol. The van der Waals surface area contributed by atoms with Gasteiger partial charge < -0.3 is 0 Å². The van der Waals surface area contributed by atoms with Gasteiger partial charge >= 0.3 is 5.69 Å². The van der Waals surface area contributed by atoms with E-state index in [9.17, 15) is 9.59 Å². The van der Waals surface area contributed by atoms with Gasteiger partial charge in [0.25, 0.3) is 5.56 Å². The summed E-state index contributed by atoms with van der Waals surface area (Å²) in [6.45, 7) is 0.279. The van der Waals surface area contributed by atoms with Crippen molar-refractivity contribution in [1.29, 1.82) is 0 Å². The molecule has 1 saturated carbocycles. The molecule has 0 bridgehead atoms. The van der Waals surface area contributed by atoms with Crippen molar-refractivity contribution in [2.45, 2.75) is 38.1 Å². The van der Waals surface area contributed by atoms with Crippen LogP contribution in [0.1, 0.15) is 42.0 Å². The summed E-state index contributed by atoms with van der Waals surface area (Å²) in [5, 5.41) is 0.209. The molecule has 1 N–H and O–H groups in total. The number of hydrogen-bond donors (Lipinski definition) is 1. The lowest BCUT2D eigenvalue weighted by Crippen LogP contribution is -2.38. The summed E-state index contributed by atoms with van der Waals surface area (Å²) in [5.41, 5.74) is -0.124. The van der Waals surface area contributed by atoms with Gasteiger partial charge in [-0.25, -0.2) is 4.79 Å². The smallest absolute Gasteiger partial charge is 0.297 e. The first-order valence-electron chi connectivity index (χ1n) is 6.83. The Morgan fingerprint density at radius 1 is 1.33 bits per heavy atom. The van der Waals surface area contributed by atoms with Gasteiger partial charge in [-0.3, -0.25) is 14.3 Å². The molecule has 0 aliphatic heterocycles. The maximum Gasteiger partial charge on any atom is 0.329 e. The zero-order valence-electron chi connectivity index (χ0n) is 11.2. The number of rotatable bonds is 3. The Morgan fingerprint density at radius 2 is 2.05 bits per heavy atom. The van der Waals surface area contributed by atoms with E-state index in [4.69, 9.17) is 11.6 Å². The highest BCUT2D eigenvalue weighted by molar-refractivity contribution is 9.11. The van der Waals surface area contributed by atoms with Crippen LogP contribution in [0.3, 0.4) is 0 Å². The number of nitrogens with one attached hydrogen (secondary N) is 1. The van der Waals surface area contributed by atoms with Crippen LogP contribution >= 0.6 is 38.9 Å². The van der Waals surface area contributed by atoms with Crippen LogP contribution in [-0.2, 0) is 6.54 Å². The minimum atomic E-state index is -0.448. The minimum absolute atomic E-state index is 0.170. The summed E-state index contributed by atoms with van der Waals surface area (Å²) in [7, 11) is 0. The number of aromatic amines is 1. The standard InChI is InChI=1S/C14H14BrClN2O2S/c15-10-6-5-9(21-10)7-18-13(19)11(8-3-1-2-4-8)12(16)17-14(18)20/h5-6,8H,1-4,7H2,(H,17,20). The molecule has 2 heterocycles. The molecule has 0 amide bonds. The third-order valence-electron chi connectivity index (χ3n) is 3.88. The molecule has 0 aromatic carbocycles. The fourth-order valence-electron chi connectivity index (χ4n) is 2.86. The molecular weight excluding hydrogens is 376 g/mol. The Hall–Kier alpha value is -0.850. The van der Waals surface area contributed by atoms with Crippen molar-refractivity contribution in [3.8, 4) is 0 Å². The summed E-state index contributed by atoms with van der Waals surface area (Å²) >= 11 is 11.0. The maximum atomic E-state index is 12.7. The second kappa shape index (κ2) is 6.10. The van der Waals surface area contributed by atoms with E-state index in [0.29, 0.717) is 5.56 Å². The number of thiophene rings is 1. The lowest BCUT2D eigenvalue weighted by molar-refractivity contribution is 0.644. The van der Waals surface area contributed by atoms with Gasteiger partial charge in [0.15, 0.2) is 0 Å². The predicted octanol–water partition coefficient (Wildman–Crippen LogP) is 3.72. The van der Waals surface area contributed by atoms with Crippen LogP contribution in [0.2, 0.25) is 5.15 Å². The fourth-order valence-corrected chi connectivity index (χ4v) is 4.65. The average Bonchev–Trinajstić information content (AvgIpc) is 3.06. The van der Waals surface area contributed by atoms with Crippen molar-refractivity contribution in [3.05, 3.63) is 52.4 Å². The number of aromatic nitrogens is 2. The first-order valence-corrected chi connectivity index (χ1v) is 8.81. The molecule has 21 heavy (non-hydrogen) atoms. The molecule has 0 saturated heterocycles. The molecule has 1 aliphatic carbocycles. The fraction of sp³-hybridized carbons (Fsp3) is 0.429. The van der Waals surface area contributed by atoms with Gasteiger partial charge in [-0.05, 0) is 46.8 Å². The third kappa shape index (κ3) is 3.03. The van der Waals surface area contributed by atoms with Crippen molar-refractivity contribution in [2.24, 2.45) is 0 Å². The zero-order valence-corrected chi connectivity index (χ0v) is 14.4. The van der Waals surface area contributed by atoms with E-state index >= 15 is 0 Å². The normalized spacial score (nSPS) is 15.7. The van der Waals surface area contributed by atoms with Gasteiger partial charge in [-0.2, -0.15) is 0 Å². The Bertz CT molecular complexity index is 774. The largest absolute Gasteiger partial charge is 0.329 e. The van der Waals surface area contributed by atoms with E-state index in [0.717, 1.165) is 34.3 Å². The molecule has 4 nitrogen and oxygen atoms in total. The Kier molecular flexibility index (Phi) is 4.38. The molecule has 3 rings (SSSR count). The topological polar surface area (TPSA) is 54.9 Å². The van der Waals surface area contributed by atoms with Gasteiger partial charge in [-0.1, -0.05) is 24.4 Å². The first kappa shape index (κ1) is 15.1. The highest BCUT2D eigenvalue weighted by atomic mass is 79.9. The summed E-state index contributed by atoms with van der Waals surface area (Å²) < 4.78 is 2.23. The van der Waals surface area contributed by atoms with Gasteiger partial charge in [0.05, 0.1) is 15.9 Å². The SMILES string of the molecule is O=c1[nH]c(Cl)c(C2CCCC2)c(=O)n1Cc1ccc(Br)s1. The summed E-state index contributed by atoms with van der Waals surface area (Å²) in [4.78, 5) is 28.3. The van der Waals surface area contributed by atoms with E-state index in [2.05, 4.69) is 20.9 Å². The molecule has 0 spiro atoms. The Morgan fingerprint density at radius 3 is 2.67 bits per heavy atom. The molecule has 7 heteroatoms. The van der Waals surface area contributed by atoms with E-state index in [1.165, 1.54) is 15.9 Å². The molecule has 0 unspecified atom stereocenters. The molecule has 112 valence electrons. The molecule has 0 atom stereocenters. The molecule has 2 aromatic rings. The van der Waals surface area contributed by atoms with E-state index in [-0.39, 0.29) is 23.2 Å². The lowest BCUT2D eigenvalue weighted by Gasteiger charge is -2.13. The summed E-state index contributed by atoms with van der Waals surface area (Å²) in [6.07, 6.45) is 4.14. The van der Waals surface area contributed by atoms with Crippen molar-refractivity contribution in [2.75, 3.05) is 0 Å². The maximum absolute atomic E-state index is 12.7. The van der Waals surface area contributed by atoms with Crippen LogP contribution in [-0.4, -0.2) is 9.55 Å². The van der Waals surface area contributed by atoms with Gasteiger partial charge in [0.1, 0.15) is 5.15 Å². The van der Waals surface area contributed by atoms with E-state index in [1.54, 1.807) is 0 Å². The van der Waals surface area contributed by atoms with E-state index < -0.39 is 5.69 Å². The molecule has 2 aromatic heterocycles. The monoisotopic (exact) mass is 388 g/mol. The van der Waals surface area contributed by atoms with E-state index in [1.807, 2.05) is 12.1 Å². The zero-order chi connectivity index (χ0) is 15.0. The van der Waals surface area contributed by atoms with Crippen molar-refractivity contribution in [3.63, 3.8) is 0 Å².